The minimum atomic E-state index is -0.399. The number of carbonyl (C=O) groups excluding carboxylic acids is 1. The van der Waals surface area contributed by atoms with Gasteiger partial charge in [-0.25, -0.2) is 4.79 Å². The molecule has 0 saturated heterocycles. The molecule has 0 aliphatic heterocycles. The molecule has 0 aromatic heterocycles. The van der Waals surface area contributed by atoms with Gasteiger partial charge in [-0.15, -0.1) is 0 Å². The molecule has 3 heteroatoms. The fourth-order valence-corrected chi connectivity index (χ4v) is 2.83. The first-order chi connectivity index (χ1) is 13.2. The van der Waals surface area contributed by atoms with Gasteiger partial charge >= 0.3 is 5.97 Å². The van der Waals surface area contributed by atoms with Crippen molar-refractivity contribution in [1.82, 2.24) is 0 Å². The van der Waals surface area contributed by atoms with Crippen LogP contribution in [0.15, 0.2) is 84.9 Å². The molecule has 3 rings (SSSR count). The van der Waals surface area contributed by atoms with E-state index in [0.717, 1.165) is 33.6 Å². The third kappa shape index (κ3) is 4.85. The molecule has 0 aliphatic rings. The first-order valence-electron chi connectivity index (χ1n) is 8.80. The van der Waals surface area contributed by atoms with Crippen molar-refractivity contribution >= 4 is 11.5 Å². The van der Waals surface area contributed by atoms with Crippen LogP contribution in [-0.2, 0) is 16.1 Å². The minimum absolute atomic E-state index is 0.399. The summed E-state index contributed by atoms with van der Waals surface area (Å²) in [6.07, 6.45) is 1.51. The van der Waals surface area contributed by atoms with Gasteiger partial charge in [0.1, 0.15) is 12.4 Å². The van der Waals surface area contributed by atoms with Crippen molar-refractivity contribution in [3.8, 4) is 5.75 Å². The maximum absolute atomic E-state index is 12.0. The highest BCUT2D eigenvalue weighted by Crippen LogP contribution is 2.32. The summed E-state index contributed by atoms with van der Waals surface area (Å²) in [5.74, 6) is 0.327. The molecule has 0 N–H and O–H groups in total. The topological polar surface area (TPSA) is 35.5 Å². The van der Waals surface area contributed by atoms with Gasteiger partial charge in [0, 0.05) is 11.6 Å². The largest absolute Gasteiger partial charge is 0.488 e. The van der Waals surface area contributed by atoms with E-state index < -0.39 is 5.97 Å². The molecule has 0 amide bonds. The smallest absolute Gasteiger partial charge is 0.331 e. The molecule has 27 heavy (non-hydrogen) atoms. The van der Waals surface area contributed by atoms with Crippen molar-refractivity contribution in [3.05, 3.63) is 107 Å². The number of rotatable bonds is 6. The number of methoxy groups -OCH3 is 1. The molecule has 3 aromatic rings. The average molecular weight is 358 g/mol. The van der Waals surface area contributed by atoms with Crippen LogP contribution in [0.3, 0.4) is 0 Å². The Morgan fingerprint density at radius 2 is 1.59 bits per heavy atom. The second kappa shape index (κ2) is 8.86. The second-order valence-corrected chi connectivity index (χ2v) is 6.22. The van der Waals surface area contributed by atoms with Crippen molar-refractivity contribution in [2.75, 3.05) is 7.11 Å². The summed E-state index contributed by atoms with van der Waals surface area (Å²) < 4.78 is 11.0. The van der Waals surface area contributed by atoms with E-state index in [1.807, 2.05) is 85.8 Å². The zero-order valence-corrected chi connectivity index (χ0v) is 15.5. The summed E-state index contributed by atoms with van der Waals surface area (Å²) >= 11 is 0. The second-order valence-electron chi connectivity index (χ2n) is 6.22. The molecule has 0 atom stereocenters. The zero-order valence-electron chi connectivity index (χ0n) is 15.5. The van der Waals surface area contributed by atoms with Gasteiger partial charge in [0.05, 0.1) is 7.11 Å². The van der Waals surface area contributed by atoms with Crippen LogP contribution in [0, 0.1) is 6.92 Å². The lowest BCUT2D eigenvalue weighted by molar-refractivity contribution is -0.134. The van der Waals surface area contributed by atoms with E-state index in [4.69, 9.17) is 9.47 Å². The lowest BCUT2D eigenvalue weighted by Crippen LogP contribution is -2.02. The van der Waals surface area contributed by atoms with Crippen molar-refractivity contribution < 1.29 is 14.3 Å². The van der Waals surface area contributed by atoms with E-state index in [-0.39, 0.29) is 0 Å². The summed E-state index contributed by atoms with van der Waals surface area (Å²) in [5.41, 5.74) is 4.74. The molecule has 0 bridgehead atoms. The van der Waals surface area contributed by atoms with E-state index >= 15 is 0 Å². The molecule has 0 saturated carbocycles. The van der Waals surface area contributed by atoms with E-state index in [9.17, 15) is 4.79 Å². The van der Waals surface area contributed by atoms with Crippen molar-refractivity contribution in [1.29, 1.82) is 0 Å². The quantitative estimate of drug-likeness (QED) is 0.450. The molecule has 0 spiro atoms. The Morgan fingerprint density at radius 1 is 0.926 bits per heavy atom. The van der Waals surface area contributed by atoms with Gasteiger partial charge in [-0.1, -0.05) is 72.3 Å². The summed E-state index contributed by atoms with van der Waals surface area (Å²) in [6, 6.07) is 25.8. The fraction of sp³-hybridized carbons (Fsp3) is 0.125. The molecular weight excluding hydrogens is 336 g/mol. The van der Waals surface area contributed by atoms with Gasteiger partial charge in [0.15, 0.2) is 0 Å². The summed E-state index contributed by atoms with van der Waals surface area (Å²) in [7, 11) is 1.38. The SMILES string of the molecule is COC(=O)C=C(c1ccccc1)c1cc(C)ccc1OCc1ccccc1. The molecule has 0 heterocycles. The number of aryl methyl sites for hydroxylation is 1. The third-order valence-corrected chi connectivity index (χ3v) is 4.21. The normalized spacial score (nSPS) is 11.1. The number of hydrogen-bond donors (Lipinski definition) is 0. The Hall–Kier alpha value is -3.33. The number of esters is 1. The number of carbonyl (C=O) groups is 1. The van der Waals surface area contributed by atoms with Gasteiger partial charge in [-0.05, 0) is 35.8 Å². The Labute approximate surface area is 159 Å². The van der Waals surface area contributed by atoms with Crippen LogP contribution < -0.4 is 4.74 Å². The van der Waals surface area contributed by atoms with Gasteiger partial charge < -0.3 is 9.47 Å². The van der Waals surface area contributed by atoms with E-state index in [1.165, 1.54) is 13.2 Å². The standard InChI is InChI=1S/C24H22O3/c1-18-13-14-23(27-17-19-9-5-3-6-10-19)22(15-18)21(16-24(25)26-2)20-11-7-4-8-12-20/h3-16H,17H2,1-2H3. The lowest BCUT2D eigenvalue weighted by Gasteiger charge is -2.16. The maximum atomic E-state index is 12.0. The van der Waals surface area contributed by atoms with Gasteiger partial charge in [0.25, 0.3) is 0 Å². The highest BCUT2D eigenvalue weighted by Gasteiger charge is 2.14. The van der Waals surface area contributed by atoms with Crippen LogP contribution in [0.4, 0.5) is 0 Å². The molecule has 3 nitrogen and oxygen atoms in total. The molecule has 136 valence electrons. The average Bonchev–Trinajstić information content (AvgIpc) is 2.72. The van der Waals surface area contributed by atoms with Crippen LogP contribution >= 0.6 is 0 Å². The predicted molar refractivity (Wildman–Crippen MR) is 107 cm³/mol. The van der Waals surface area contributed by atoms with E-state index in [2.05, 4.69) is 0 Å². The molecule has 0 aliphatic carbocycles. The fourth-order valence-electron chi connectivity index (χ4n) is 2.83. The minimum Gasteiger partial charge on any atom is -0.488 e. The van der Waals surface area contributed by atoms with Gasteiger partial charge in [-0.2, -0.15) is 0 Å². The Bertz CT molecular complexity index is 928. The van der Waals surface area contributed by atoms with Gasteiger partial charge in [0.2, 0.25) is 0 Å². The van der Waals surface area contributed by atoms with Crippen molar-refractivity contribution in [2.24, 2.45) is 0 Å². The Kier molecular flexibility index (Phi) is 6.06. The zero-order chi connectivity index (χ0) is 19.1. The molecular formula is C24H22O3. The highest BCUT2D eigenvalue weighted by molar-refractivity contribution is 5.97. The first-order valence-corrected chi connectivity index (χ1v) is 8.80. The van der Waals surface area contributed by atoms with Crippen LogP contribution in [0.25, 0.3) is 5.57 Å². The predicted octanol–water partition coefficient (Wildman–Crippen LogP) is 5.18. The van der Waals surface area contributed by atoms with Crippen LogP contribution in [0.5, 0.6) is 5.75 Å². The lowest BCUT2D eigenvalue weighted by atomic mass is 9.95. The number of hydrogen-bond acceptors (Lipinski definition) is 3. The summed E-state index contributed by atoms with van der Waals surface area (Å²) in [4.78, 5) is 12.0. The maximum Gasteiger partial charge on any atom is 0.331 e. The number of ether oxygens (including phenoxy) is 2. The van der Waals surface area contributed by atoms with E-state index in [1.54, 1.807) is 0 Å². The van der Waals surface area contributed by atoms with Crippen molar-refractivity contribution in [3.63, 3.8) is 0 Å². The van der Waals surface area contributed by atoms with Crippen LogP contribution in [0.2, 0.25) is 0 Å². The van der Waals surface area contributed by atoms with Crippen molar-refractivity contribution in [2.45, 2.75) is 13.5 Å². The van der Waals surface area contributed by atoms with Crippen LogP contribution in [0.1, 0.15) is 22.3 Å². The third-order valence-electron chi connectivity index (χ3n) is 4.21. The number of benzene rings is 3. The molecule has 3 aromatic carbocycles. The molecule has 0 fully saturated rings. The van der Waals surface area contributed by atoms with E-state index in [0.29, 0.717) is 6.61 Å². The first kappa shape index (κ1) is 18.5. The van der Waals surface area contributed by atoms with Crippen LogP contribution in [-0.4, -0.2) is 13.1 Å². The molecule has 0 unspecified atom stereocenters. The summed E-state index contributed by atoms with van der Waals surface area (Å²) in [5, 5.41) is 0. The summed E-state index contributed by atoms with van der Waals surface area (Å²) in [6.45, 7) is 2.47. The van der Waals surface area contributed by atoms with Gasteiger partial charge in [-0.3, -0.25) is 0 Å². The highest BCUT2D eigenvalue weighted by atomic mass is 16.5. The monoisotopic (exact) mass is 358 g/mol. The Morgan fingerprint density at radius 3 is 2.26 bits per heavy atom. The molecule has 0 radical (unpaired) electrons. The Balaban J connectivity index is 2.02.